The summed E-state index contributed by atoms with van der Waals surface area (Å²) in [4.78, 5) is 13.4. The van der Waals surface area contributed by atoms with E-state index in [0.29, 0.717) is 6.42 Å². The Morgan fingerprint density at radius 1 is 1.12 bits per heavy atom. The maximum absolute atomic E-state index is 11.8. The normalized spacial score (nSPS) is 10.8. The van der Waals surface area contributed by atoms with Crippen LogP contribution in [0.2, 0.25) is 0 Å². The molecule has 0 spiro atoms. The molecule has 0 bridgehead atoms. The van der Waals surface area contributed by atoms with Crippen LogP contribution < -0.4 is 10.6 Å². The summed E-state index contributed by atoms with van der Waals surface area (Å²) in [5, 5.41) is 14.9. The minimum absolute atomic E-state index is 0.0939. The van der Waals surface area contributed by atoms with Crippen molar-refractivity contribution in [2.24, 2.45) is 5.92 Å². The predicted octanol–water partition coefficient (Wildman–Crippen LogP) is 3.28. The highest BCUT2D eigenvalue weighted by atomic mass is 32.1. The van der Waals surface area contributed by atoms with Crippen molar-refractivity contribution >= 4 is 40.0 Å². The lowest BCUT2D eigenvalue weighted by Crippen LogP contribution is -2.34. The fourth-order valence-electron chi connectivity index (χ4n) is 2.38. The maximum atomic E-state index is 11.8. The van der Waals surface area contributed by atoms with Crippen molar-refractivity contribution < 1.29 is 4.79 Å². The number of hydrogen-bond donors (Lipinski definition) is 2. The highest BCUT2D eigenvalue weighted by Crippen LogP contribution is 2.17. The molecular formula is C18H19N5OS. The molecule has 0 saturated carbocycles. The van der Waals surface area contributed by atoms with Gasteiger partial charge in [-0.25, -0.2) is 0 Å². The fourth-order valence-corrected chi connectivity index (χ4v) is 2.61. The number of rotatable bonds is 4. The lowest BCUT2D eigenvalue weighted by molar-refractivity contribution is -0.120. The van der Waals surface area contributed by atoms with E-state index in [2.05, 4.69) is 20.8 Å². The van der Waals surface area contributed by atoms with Crippen molar-refractivity contribution in [2.45, 2.75) is 20.3 Å². The molecule has 0 aliphatic rings. The minimum Gasteiger partial charge on any atom is -0.332 e. The molecule has 2 N–H and O–H groups in total. The molecule has 0 fully saturated rings. The largest absolute Gasteiger partial charge is 0.332 e. The molecule has 0 saturated heterocycles. The van der Waals surface area contributed by atoms with E-state index < -0.39 is 0 Å². The van der Waals surface area contributed by atoms with E-state index in [1.807, 2.05) is 62.4 Å². The Morgan fingerprint density at radius 2 is 1.84 bits per heavy atom. The van der Waals surface area contributed by atoms with E-state index in [-0.39, 0.29) is 16.9 Å². The predicted molar refractivity (Wildman–Crippen MR) is 103 cm³/mol. The number of thiocarbonyl (C=S) groups is 1. The van der Waals surface area contributed by atoms with Crippen molar-refractivity contribution in [3.8, 4) is 5.69 Å². The number of carbonyl (C=O) groups is 1. The smallest absolute Gasteiger partial charge is 0.226 e. The van der Waals surface area contributed by atoms with Gasteiger partial charge in [0.1, 0.15) is 11.0 Å². The standard InChI is InChI=1S/C18H19N5OS/c1-12(2)10-17(24)20-18(25)19-13-8-9-15-16(11-13)22-23(21-15)14-6-4-3-5-7-14/h3-9,11-12H,10H2,1-2H3,(H2,19,20,24,25). The van der Waals surface area contributed by atoms with Gasteiger partial charge in [0.25, 0.3) is 0 Å². The lowest BCUT2D eigenvalue weighted by atomic mass is 10.1. The monoisotopic (exact) mass is 353 g/mol. The second-order valence-corrected chi connectivity index (χ2v) is 6.54. The zero-order valence-corrected chi connectivity index (χ0v) is 14.9. The Bertz CT molecular complexity index is 904. The second-order valence-electron chi connectivity index (χ2n) is 6.13. The summed E-state index contributed by atoms with van der Waals surface area (Å²) < 4.78 is 0. The van der Waals surface area contributed by atoms with Crippen LogP contribution in [0, 0.1) is 5.92 Å². The van der Waals surface area contributed by atoms with E-state index in [4.69, 9.17) is 12.2 Å². The summed E-state index contributed by atoms with van der Waals surface area (Å²) in [5.41, 5.74) is 3.17. The van der Waals surface area contributed by atoms with Crippen LogP contribution in [-0.2, 0) is 4.79 Å². The van der Waals surface area contributed by atoms with E-state index in [9.17, 15) is 4.79 Å². The molecule has 25 heavy (non-hydrogen) atoms. The Morgan fingerprint density at radius 3 is 2.56 bits per heavy atom. The van der Waals surface area contributed by atoms with E-state index in [1.165, 1.54) is 0 Å². The molecule has 1 heterocycles. The van der Waals surface area contributed by atoms with Gasteiger partial charge >= 0.3 is 0 Å². The van der Waals surface area contributed by atoms with Crippen LogP contribution in [0.4, 0.5) is 5.69 Å². The molecule has 1 amide bonds. The number of nitrogens with one attached hydrogen (secondary N) is 2. The van der Waals surface area contributed by atoms with Crippen LogP contribution >= 0.6 is 12.2 Å². The average Bonchev–Trinajstić information content (AvgIpc) is 2.98. The van der Waals surface area contributed by atoms with Gasteiger partial charge < -0.3 is 10.6 Å². The van der Waals surface area contributed by atoms with Crippen LogP contribution in [0.3, 0.4) is 0 Å². The highest BCUT2D eigenvalue weighted by Gasteiger charge is 2.09. The Kier molecular flexibility index (Phi) is 5.04. The summed E-state index contributed by atoms with van der Waals surface area (Å²) in [7, 11) is 0. The highest BCUT2D eigenvalue weighted by molar-refractivity contribution is 7.80. The molecule has 128 valence electrons. The molecule has 0 atom stereocenters. The average molecular weight is 353 g/mol. The van der Waals surface area contributed by atoms with Gasteiger partial charge in [0.15, 0.2) is 5.11 Å². The number of nitrogens with zero attached hydrogens (tertiary/aromatic N) is 3. The quantitative estimate of drug-likeness (QED) is 0.704. The summed E-state index contributed by atoms with van der Waals surface area (Å²) in [6, 6.07) is 15.3. The van der Waals surface area contributed by atoms with Crippen molar-refractivity contribution in [3.63, 3.8) is 0 Å². The number of anilines is 1. The molecule has 6 nitrogen and oxygen atoms in total. The third-order valence-electron chi connectivity index (χ3n) is 3.47. The first-order valence-corrected chi connectivity index (χ1v) is 8.45. The molecule has 0 aliphatic carbocycles. The van der Waals surface area contributed by atoms with Crippen LogP contribution in [0.25, 0.3) is 16.7 Å². The van der Waals surface area contributed by atoms with E-state index in [0.717, 1.165) is 22.4 Å². The Labute approximate surface area is 151 Å². The summed E-state index contributed by atoms with van der Waals surface area (Å²) in [6.07, 6.45) is 0.437. The summed E-state index contributed by atoms with van der Waals surface area (Å²) in [6.45, 7) is 3.97. The van der Waals surface area contributed by atoms with Crippen molar-refractivity contribution in [2.75, 3.05) is 5.32 Å². The zero-order valence-electron chi connectivity index (χ0n) is 14.1. The SMILES string of the molecule is CC(C)CC(=O)NC(=S)Nc1ccc2nn(-c3ccccc3)nc2c1. The number of para-hydroxylation sites is 1. The van der Waals surface area contributed by atoms with Crippen LogP contribution in [0.5, 0.6) is 0 Å². The van der Waals surface area contributed by atoms with Gasteiger partial charge in [0.05, 0.1) is 5.69 Å². The fraction of sp³-hybridized carbons (Fsp3) is 0.222. The van der Waals surface area contributed by atoms with Gasteiger partial charge in [0.2, 0.25) is 5.91 Å². The number of benzene rings is 2. The van der Waals surface area contributed by atoms with Crippen LogP contribution in [0.1, 0.15) is 20.3 Å². The molecule has 0 radical (unpaired) electrons. The Balaban J connectivity index is 1.73. The molecule has 0 aliphatic heterocycles. The third kappa shape index (κ3) is 4.39. The van der Waals surface area contributed by atoms with Gasteiger partial charge in [-0.15, -0.1) is 10.2 Å². The van der Waals surface area contributed by atoms with Gasteiger partial charge in [-0.2, -0.15) is 4.80 Å². The maximum Gasteiger partial charge on any atom is 0.226 e. The molecule has 2 aromatic carbocycles. The topological polar surface area (TPSA) is 71.8 Å². The molecule has 7 heteroatoms. The van der Waals surface area contributed by atoms with Crippen molar-refractivity contribution in [1.82, 2.24) is 20.3 Å². The van der Waals surface area contributed by atoms with Gasteiger partial charge in [-0.3, -0.25) is 4.79 Å². The first-order chi connectivity index (χ1) is 12.0. The lowest BCUT2D eigenvalue weighted by Gasteiger charge is -2.10. The first-order valence-electron chi connectivity index (χ1n) is 8.04. The number of amides is 1. The van der Waals surface area contributed by atoms with Gasteiger partial charge in [-0.05, 0) is 48.5 Å². The first kappa shape index (κ1) is 17.0. The number of hydrogen-bond acceptors (Lipinski definition) is 4. The Hall–Kier alpha value is -2.80. The molecular weight excluding hydrogens is 334 g/mol. The van der Waals surface area contributed by atoms with Gasteiger partial charge in [-0.1, -0.05) is 32.0 Å². The molecule has 1 aromatic heterocycles. The number of fused-ring (bicyclic) bond motifs is 1. The third-order valence-corrected chi connectivity index (χ3v) is 3.68. The molecule has 3 aromatic rings. The molecule has 3 rings (SSSR count). The summed E-state index contributed by atoms with van der Waals surface area (Å²) in [5.74, 6) is 0.191. The van der Waals surface area contributed by atoms with Gasteiger partial charge in [0, 0.05) is 12.1 Å². The summed E-state index contributed by atoms with van der Waals surface area (Å²) >= 11 is 5.19. The van der Waals surface area contributed by atoms with E-state index >= 15 is 0 Å². The van der Waals surface area contributed by atoms with Crippen molar-refractivity contribution in [3.05, 3.63) is 48.5 Å². The van der Waals surface area contributed by atoms with Crippen LogP contribution in [-0.4, -0.2) is 26.0 Å². The van der Waals surface area contributed by atoms with E-state index in [1.54, 1.807) is 4.80 Å². The zero-order chi connectivity index (χ0) is 17.8. The number of carbonyl (C=O) groups excluding carboxylic acids is 1. The molecule has 0 unspecified atom stereocenters. The number of aromatic nitrogens is 3. The minimum atomic E-state index is -0.0939. The second kappa shape index (κ2) is 7.40. The van der Waals surface area contributed by atoms with Crippen LogP contribution in [0.15, 0.2) is 48.5 Å². The van der Waals surface area contributed by atoms with Crippen molar-refractivity contribution in [1.29, 1.82) is 0 Å².